The first-order valence-corrected chi connectivity index (χ1v) is 13.4. The molecule has 1 aliphatic carbocycles. The molecule has 3 heterocycles. The second-order valence-electron chi connectivity index (χ2n) is 9.78. The van der Waals surface area contributed by atoms with Crippen molar-refractivity contribution in [3.05, 3.63) is 60.7 Å². The fourth-order valence-electron chi connectivity index (χ4n) is 4.66. The van der Waals surface area contributed by atoms with Crippen molar-refractivity contribution in [3.63, 3.8) is 0 Å². The second-order valence-corrected chi connectivity index (χ2v) is 9.78. The van der Waals surface area contributed by atoms with Crippen LogP contribution in [0.4, 0.5) is 0 Å². The Hall–Kier alpha value is -3.82. The van der Waals surface area contributed by atoms with E-state index in [9.17, 15) is 0 Å². The molecule has 38 heavy (non-hydrogen) atoms. The molecular weight excluding hydrogens is 482 g/mol. The normalized spacial score (nSPS) is 13.8. The summed E-state index contributed by atoms with van der Waals surface area (Å²) in [6, 6.07) is 12.5. The predicted molar refractivity (Wildman–Crippen MR) is 145 cm³/mol. The Bertz CT molecular complexity index is 1450. The zero-order valence-electron chi connectivity index (χ0n) is 21.4. The molecule has 2 aromatic carbocycles. The van der Waals surface area contributed by atoms with Crippen molar-refractivity contribution in [2.75, 3.05) is 26.4 Å². The Kier molecular flexibility index (Phi) is 7.55. The number of ether oxygens (including phenoxy) is 3. The van der Waals surface area contributed by atoms with Crippen molar-refractivity contribution in [2.24, 2.45) is 0 Å². The first-order valence-electron chi connectivity index (χ1n) is 13.4. The number of aromatic nitrogens is 4. The average Bonchev–Trinajstić information content (AvgIpc) is 3.67. The van der Waals surface area contributed by atoms with Crippen LogP contribution < -0.4 is 14.8 Å². The van der Waals surface area contributed by atoms with E-state index in [1.807, 2.05) is 12.1 Å². The third-order valence-corrected chi connectivity index (χ3v) is 6.98. The molecule has 0 aliphatic heterocycles. The van der Waals surface area contributed by atoms with Crippen molar-refractivity contribution < 1.29 is 18.7 Å². The third-order valence-electron chi connectivity index (χ3n) is 6.98. The van der Waals surface area contributed by atoms with Gasteiger partial charge in [-0.15, -0.1) is 0 Å². The topological polar surface area (TPSA) is 110 Å². The average molecular weight is 516 g/mol. The van der Waals surface area contributed by atoms with Crippen LogP contribution in [0.5, 0.6) is 11.5 Å². The van der Waals surface area contributed by atoms with Gasteiger partial charge in [0, 0.05) is 35.3 Å². The molecule has 0 atom stereocenters. The summed E-state index contributed by atoms with van der Waals surface area (Å²) in [4.78, 5) is 3.49. The van der Waals surface area contributed by atoms with Crippen LogP contribution in [-0.2, 0) is 11.3 Å². The molecule has 0 saturated heterocycles. The molecule has 0 spiro atoms. The minimum Gasteiger partial charge on any atom is -0.490 e. The lowest BCUT2D eigenvalue weighted by molar-refractivity contribution is 0.0979. The Balaban J connectivity index is 0.868. The van der Waals surface area contributed by atoms with Gasteiger partial charge in [0.05, 0.1) is 36.0 Å². The van der Waals surface area contributed by atoms with Crippen molar-refractivity contribution in [2.45, 2.75) is 44.8 Å². The van der Waals surface area contributed by atoms with E-state index in [-0.39, 0.29) is 0 Å². The lowest BCUT2D eigenvalue weighted by Gasteiger charge is -2.26. The van der Waals surface area contributed by atoms with Gasteiger partial charge in [-0.3, -0.25) is 5.10 Å². The monoisotopic (exact) mass is 515 g/mol. The molecular formula is C29H33N5O4. The van der Waals surface area contributed by atoms with Gasteiger partial charge in [0.1, 0.15) is 24.4 Å². The molecule has 0 amide bonds. The Morgan fingerprint density at radius 2 is 1.95 bits per heavy atom. The summed E-state index contributed by atoms with van der Waals surface area (Å²) in [5, 5.41) is 16.6. The van der Waals surface area contributed by atoms with Gasteiger partial charge in [0.15, 0.2) is 0 Å². The van der Waals surface area contributed by atoms with Crippen LogP contribution in [0.15, 0.2) is 59.6 Å². The maximum absolute atomic E-state index is 6.02. The van der Waals surface area contributed by atoms with E-state index >= 15 is 0 Å². The number of unbranched alkanes of at least 4 members (excludes halogenated alkanes) is 1. The summed E-state index contributed by atoms with van der Waals surface area (Å²) in [5.74, 6) is 1.74. The Morgan fingerprint density at radius 1 is 0.974 bits per heavy atom. The molecule has 9 nitrogen and oxygen atoms in total. The van der Waals surface area contributed by atoms with Crippen molar-refractivity contribution in [1.82, 2.24) is 25.7 Å². The zero-order chi connectivity index (χ0) is 25.6. The quantitative estimate of drug-likeness (QED) is 0.165. The zero-order valence-corrected chi connectivity index (χ0v) is 21.4. The maximum Gasteiger partial charge on any atom is 0.131 e. The Morgan fingerprint density at radius 3 is 2.82 bits per heavy atom. The van der Waals surface area contributed by atoms with Crippen LogP contribution in [-0.4, -0.2) is 52.8 Å². The number of nitrogens with one attached hydrogen (secondary N) is 3. The molecule has 1 fully saturated rings. The molecule has 1 aliphatic rings. The number of nitrogens with zero attached hydrogens (tertiary/aromatic N) is 2. The van der Waals surface area contributed by atoms with Crippen LogP contribution in [0.25, 0.3) is 32.9 Å². The molecule has 0 radical (unpaired) electrons. The molecule has 5 aromatic rings. The molecule has 1 saturated carbocycles. The van der Waals surface area contributed by atoms with Gasteiger partial charge < -0.3 is 29.0 Å². The molecule has 6 rings (SSSR count). The number of hydrogen-bond donors (Lipinski definition) is 3. The van der Waals surface area contributed by atoms with E-state index in [1.54, 1.807) is 18.7 Å². The van der Waals surface area contributed by atoms with Gasteiger partial charge in [0.2, 0.25) is 0 Å². The number of hydrogen-bond acceptors (Lipinski definition) is 7. The molecule has 0 unspecified atom stereocenters. The molecule has 0 bridgehead atoms. The molecule has 3 aromatic heterocycles. The van der Waals surface area contributed by atoms with Crippen molar-refractivity contribution in [1.29, 1.82) is 0 Å². The van der Waals surface area contributed by atoms with Crippen LogP contribution in [0.2, 0.25) is 0 Å². The summed E-state index contributed by atoms with van der Waals surface area (Å²) in [6.07, 6.45) is 11.1. The fraction of sp³-hybridized carbons (Fsp3) is 0.379. The number of fused-ring (bicyclic) bond motifs is 2. The molecule has 3 N–H and O–H groups in total. The highest BCUT2D eigenvalue weighted by Crippen LogP contribution is 2.31. The van der Waals surface area contributed by atoms with E-state index in [1.165, 1.54) is 30.3 Å². The highest BCUT2D eigenvalue weighted by Gasteiger charge is 2.19. The summed E-state index contributed by atoms with van der Waals surface area (Å²) in [5.41, 5.74) is 5.10. The first kappa shape index (κ1) is 24.5. The van der Waals surface area contributed by atoms with Crippen LogP contribution in [0.1, 0.15) is 37.8 Å². The SMILES string of the molecule is c1cc2[nH]c(CNCCCCOCCOc3cc(-c4cnoc4)cc4[nH]ncc34)cc2cc1OC1CCC1. The number of aromatic amines is 2. The van der Waals surface area contributed by atoms with Crippen LogP contribution in [0, 0.1) is 0 Å². The van der Waals surface area contributed by atoms with Gasteiger partial charge in [-0.05, 0) is 80.6 Å². The largest absolute Gasteiger partial charge is 0.490 e. The van der Waals surface area contributed by atoms with E-state index in [2.05, 4.69) is 49.9 Å². The van der Waals surface area contributed by atoms with Gasteiger partial charge in [-0.25, -0.2) is 0 Å². The minimum atomic E-state index is 0.403. The fourth-order valence-corrected chi connectivity index (χ4v) is 4.66. The lowest BCUT2D eigenvalue weighted by atomic mass is 9.96. The second kappa shape index (κ2) is 11.7. The smallest absolute Gasteiger partial charge is 0.131 e. The summed E-state index contributed by atoms with van der Waals surface area (Å²) in [6.45, 7) is 3.48. The van der Waals surface area contributed by atoms with E-state index in [0.717, 1.165) is 65.0 Å². The molecule has 9 heteroatoms. The summed E-state index contributed by atoms with van der Waals surface area (Å²) in [7, 11) is 0. The van der Waals surface area contributed by atoms with Crippen molar-refractivity contribution in [3.8, 4) is 22.6 Å². The van der Waals surface area contributed by atoms with Gasteiger partial charge in [-0.2, -0.15) is 5.10 Å². The molecule has 198 valence electrons. The summed E-state index contributed by atoms with van der Waals surface area (Å²) >= 11 is 0. The highest BCUT2D eigenvalue weighted by molar-refractivity contribution is 5.89. The third kappa shape index (κ3) is 5.84. The van der Waals surface area contributed by atoms with Crippen LogP contribution >= 0.6 is 0 Å². The van der Waals surface area contributed by atoms with Crippen LogP contribution in [0.3, 0.4) is 0 Å². The minimum absolute atomic E-state index is 0.403. The van der Waals surface area contributed by atoms with Crippen molar-refractivity contribution >= 4 is 21.8 Å². The highest BCUT2D eigenvalue weighted by atomic mass is 16.5. The van der Waals surface area contributed by atoms with Gasteiger partial charge >= 0.3 is 0 Å². The van der Waals surface area contributed by atoms with E-state index in [4.69, 9.17) is 18.7 Å². The Labute approximate surface area is 220 Å². The summed E-state index contributed by atoms with van der Waals surface area (Å²) < 4.78 is 22.8. The van der Waals surface area contributed by atoms with Gasteiger partial charge in [-0.1, -0.05) is 5.16 Å². The number of rotatable bonds is 14. The van der Waals surface area contributed by atoms with Gasteiger partial charge in [0.25, 0.3) is 0 Å². The number of benzene rings is 2. The van der Waals surface area contributed by atoms with E-state index in [0.29, 0.717) is 25.9 Å². The van der Waals surface area contributed by atoms with E-state index < -0.39 is 0 Å². The number of H-pyrrole nitrogens is 2. The standard InChI is InChI=1S/C29H33N5O4/c1(8-30-17-23-12-21-13-25(6-7-27(21)33-23)38-24-4-3-5-24)2-9-35-10-11-36-29-15-20(22-16-32-37-19-22)14-28-26(29)18-31-34-28/h6-7,12-16,18-19,24,30,33H,1-5,8-11,17H2,(H,31,34). The lowest BCUT2D eigenvalue weighted by Crippen LogP contribution is -2.24. The maximum atomic E-state index is 6.02. The first-order chi connectivity index (χ1) is 18.8. The predicted octanol–water partition coefficient (Wildman–Crippen LogP) is 5.60.